The van der Waals surface area contributed by atoms with E-state index in [2.05, 4.69) is 64.8 Å². The van der Waals surface area contributed by atoms with Gasteiger partial charge in [0.15, 0.2) is 0 Å². The van der Waals surface area contributed by atoms with Crippen LogP contribution in [0.1, 0.15) is 67.7 Å². The lowest BCUT2D eigenvalue weighted by atomic mass is 10.0. The highest BCUT2D eigenvalue weighted by Crippen LogP contribution is 2.27. The van der Waals surface area contributed by atoms with Gasteiger partial charge in [-0.05, 0) is 43.9 Å². The monoisotopic (exact) mass is 289 g/mol. The van der Waals surface area contributed by atoms with Crippen LogP contribution in [0.25, 0.3) is 0 Å². The van der Waals surface area contributed by atoms with Crippen LogP contribution in [0.3, 0.4) is 0 Å². The van der Waals surface area contributed by atoms with Gasteiger partial charge in [0.1, 0.15) is 0 Å². The highest BCUT2D eigenvalue weighted by molar-refractivity contribution is 5.84. The molecule has 21 heavy (non-hydrogen) atoms. The largest absolute Gasteiger partial charge is 0.260 e. The summed E-state index contributed by atoms with van der Waals surface area (Å²) in [5, 5.41) is 9.03. The average molecular weight is 289 g/mol. The van der Waals surface area contributed by atoms with Gasteiger partial charge in [0.25, 0.3) is 0 Å². The maximum absolute atomic E-state index is 4.86. The van der Waals surface area contributed by atoms with Crippen molar-refractivity contribution in [3.05, 3.63) is 23.2 Å². The van der Waals surface area contributed by atoms with E-state index in [9.17, 15) is 0 Å². The van der Waals surface area contributed by atoms with Gasteiger partial charge in [-0.15, -0.1) is 0 Å². The van der Waals surface area contributed by atoms with E-state index < -0.39 is 0 Å². The SMILES string of the molecule is CC(=NC(=C1CCC/C=C(/C(C)C)N=N1)C(C)C)C(C)C. The van der Waals surface area contributed by atoms with Crippen molar-refractivity contribution < 1.29 is 0 Å². The number of aliphatic imine (C=N–C) groups is 1. The molecule has 1 rings (SSSR count). The minimum absolute atomic E-state index is 0.374. The summed E-state index contributed by atoms with van der Waals surface area (Å²) in [4.78, 5) is 4.86. The van der Waals surface area contributed by atoms with Gasteiger partial charge in [-0.3, -0.25) is 4.99 Å². The molecule has 0 aromatic rings. The van der Waals surface area contributed by atoms with Crippen molar-refractivity contribution in [1.82, 2.24) is 0 Å². The summed E-state index contributed by atoms with van der Waals surface area (Å²) >= 11 is 0. The van der Waals surface area contributed by atoms with Crippen molar-refractivity contribution in [1.29, 1.82) is 0 Å². The minimum atomic E-state index is 0.374. The summed E-state index contributed by atoms with van der Waals surface area (Å²) in [6.07, 6.45) is 5.39. The molecular weight excluding hydrogens is 258 g/mol. The second kappa shape index (κ2) is 8.26. The molecule has 0 aromatic carbocycles. The lowest BCUT2D eigenvalue weighted by Crippen LogP contribution is -2.06. The maximum atomic E-state index is 4.86. The first-order valence-corrected chi connectivity index (χ1v) is 8.23. The molecule has 1 heterocycles. The van der Waals surface area contributed by atoms with Crippen molar-refractivity contribution in [3.63, 3.8) is 0 Å². The second-order valence-corrected chi connectivity index (χ2v) is 6.77. The highest BCUT2D eigenvalue weighted by atomic mass is 15.1. The first-order valence-electron chi connectivity index (χ1n) is 8.23. The van der Waals surface area contributed by atoms with Gasteiger partial charge in [0.05, 0.1) is 17.1 Å². The third kappa shape index (κ3) is 5.56. The standard InChI is InChI=1S/C18H31N3/c1-12(2)15(7)19-18(14(5)6)17-11-9-8-10-16(13(3)4)20-21-17/h10,12-14H,8-9,11H2,1-7H3/b16-10-,18-17?,19-15?,21-20?. The topological polar surface area (TPSA) is 37.1 Å². The molecule has 0 amide bonds. The average Bonchev–Trinajstić information content (AvgIpc) is 2.35. The molecule has 0 atom stereocenters. The van der Waals surface area contributed by atoms with E-state index in [4.69, 9.17) is 4.99 Å². The molecule has 1 aliphatic heterocycles. The number of hydrogen-bond acceptors (Lipinski definition) is 3. The van der Waals surface area contributed by atoms with Crippen LogP contribution in [0, 0.1) is 17.8 Å². The fourth-order valence-corrected chi connectivity index (χ4v) is 2.10. The van der Waals surface area contributed by atoms with Gasteiger partial charge in [-0.2, -0.15) is 10.2 Å². The Morgan fingerprint density at radius 2 is 1.71 bits per heavy atom. The number of rotatable bonds is 4. The summed E-state index contributed by atoms with van der Waals surface area (Å²) in [6.45, 7) is 15.2. The van der Waals surface area contributed by atoms with E-state index in [1.165, 1.54) is 5.71 Å². The predicted octanol–water partition coefficient (Wildman–Crippen LogP) is 6.15. The summed E-state index contributed by atoms with van der Waals surface area (Å²) in [5.41, 5.74) is 4.44. The zero-order valence-corrected chi connectivity index (χ0v) is 14.8. The minimum Gasteiger partial charge on any atom is -0.260 e. The van der Waals surface area contributed by atoms with Crippen LogP contribution in [0.5, 0.6) is 0 Å². The third-order valence-corrected chi connectivity index (χ3v) is 3.82. The van der Waals surface area contributed by atoms with Crippen LogP contribution in [0.2, 0.25) is 0 Å². The van der Waals surface area contributed by atoms with Crippen LogP contribution in [0.15, 0.2) is 38.4 Å². The van der Waals surface area contributed by atoms with Crippen molar-refractivity contribution in [3.8, 4) is 0 Å². The van der Waals surface area contributed by atoms with E-state index in [0.29, 0.717) is 17.8 Å². The van der Waals surface area contributed by atoms with Crippen LogP contribution >= 0.6 is 0 Å². The molecule has 3 nitrogen and oxygen atoms in total. The predicted molar refractivity (Wildman–Crippen MR) is 91.4 cm³/mol. The van der Waals surface area contributed by atoms with Crippen LogP contribution in [0.4, 0.5) is 0 Å². The smallest absolute Gasteiger partial charge is 0.0847 e. The molecule has 0 aromatic heterocycles. The quantitative estimate of drug-likeness (QED) is 0.557. The Morgan fingerprint density at radius 1 is 1.05 bits per heavy atom. The van der Waals surface area contributed by atoms with Crippen molar-refractivity contribution >= 4 is 5.71 Å². The molecule has 0 radical (unpaired) electrons. The maximum Gasteiger partial charge on any atom is 0.0847 e. The first kappa shape index (κ1) is 17.8. The molecule has 0 spiro atoms. The lowest BCUT2D eigenvalue weighted by molar-refractivity contribution is 0.671. The molecule has 0 fully saturated rings. The van der Waals surface area contributed by atoms with Gasteiger partial charge < -0.3 is 0 Å². The summed E-state index contributed by atoms with van der Waals surface area (Å²) in [6, 6.07) is 0. The lowest BCUT2D eigenvalue weighted by Gasteiger charge is -2.15. The Hall–Kier alpha value is -1.25. The molecule has 0 saturated heterocycles. The second-order valence-electron chi connectivity index (χ2n) is 6.77. The van der Waals surface area contributed by atoms with E-state index >= 15 is 0 Å². The molecular formula is C18H31N3. The Labute approximate surface area is 130 Å². The Morgan fingerprint density at radius 3 is 2.24 bits per heavy atom. The fraction of sp³-hybridized carbons (Fsp3) is 0.722. The van der Waals surface area contributed by atoms with Gasteiger partial charge in [-0.1, -0.05) is 47.6 Å². The molecule has 1 aliphatic rings. The zero-order chi connectivity index (χ0) is 16.0. The van der Waals surface area contributed by atoms with Gasteiger partial charge in [-0.25, -0.2) is 0 Å². The normalized spacial score (nSPS) is 22.4. The number of hydrogen-bond donors (Lipinski definition) is 0. The highest BCUT2D eigenvalue weighted by Gasteiger charge is 2.14. The number of allylic oxidation sites excluding steroid dienone is 4. The Balaban J connectivity index is 3.20. The van der Waals surface area contributed by atoms with Crippen LogP contribution < -0.4 is 0 Å². The molecule has 0 saturated carbocycles. The van der Waals surface area contributed by atoms with Crippen LogP contribution in [-0.2, 0) is 0 Å². The van der Waals surface area contributed by atoms with E-state index in [-0.39, 0.29) is 0 Å². The molecule has 3 heteroatoms. The Bertz CT molecular complexity index is 463. The van der Waals surface area contributed by atoms with Gasteiger partial charge in [0, 0.05) is 5.71 Å². The van der Waals surface area contributed by atoms with Crippen molar-refractivity contribution in [2.24, 2.45) is 33.0 Å². The zero-order valence-electron chi connectivity index (χ0n) is 14.8. The molecule has 0 aliphatic carbocycles. The van der Waals surface area contributed by atoms with Crippen LogP contribution in [-0.4, -0.2) is 5.71 Å². The molecule has 0 N–H and O–H groups in total. The Kier molecular flexibility index (Phi) is 7.00. The van der Waals surface area contributed by atoms with E-state index in [0.717, 1.165) is 36.4 Å². The summed E-state index contributed by atoms with van der Waals surface area (Å²) in [7, 11) is 0. The van der Waals surface area contributed by atoms with Crippen molar-refractivity contribution in [2.45, 2.75) is 67.7 Å². The summed E-state index contributed by atoms with van der Waals surface area (Å²) in [5.74, 6) is 1.27. The van der Waals surface area contributed by atoms with Gasteiger partial charge in [0.2, 0.25) is 0 Å². The van der Waals surface area contributed by atoms with E-state index in [1.54, 1.807) is 0 Å². The number of nitrogens with zero attached hydrogens (tertiary/aromatic N) is 3. The fourth-order valence-electron chi connectivity index (χ4n) is 2.10. The van der Waals surface area contributed by atoms with E-state index in [1.807, 2.05) is 0 Å². The molecule has 118 valence electrons. The summed E-state index contributed by atoms with van der Waals surface area (Å²) < 4.78 is 0. The number of azo groups is 1. The van der Waals surface area contributed by atoms with Gasteiger partial charge >= 0.3 is 0 Å². The first-order chi connectivity index (χ1) is 9.82. The third-order valence-electron chi connectivity index (χ3n) is 3.82. The van der Waals surface area contributed by atoms with Crippen molar-refractivity contribution in [2.75, 3.05) is 0 Å². The molecule has 0 unspecified atom stereocenters. The molecule has 0 bridgehead atoms.